The van der Waals surface area contributed by atoms with Crippen LogP contribution in [0.3, 0.4) is 0 Å². The van der Waals surface area contributed by atoms with Gasteiger partial charge in [-0.05, 0) is 161 Å². The van der Waals surface area contributed by atoms with Gasteiger partial charge in [0, 0.05) is 87.4 Å². The highest BCUT2D eigenvalue weighted by molar-refractivity contribution is 6.20. The molecule has 0 N–H and O–H groups in total. The molecule has 28 aromatic rings. The van der Waals surface area contributed by atoms with E-state index in [-0.39, 0.29) is 0 Å². The number of rotatable bonds is 10. The molecule has 144 heavy (non-hydrogen) atoms. The van der Waals surface area contributed by atoms with Crippen molar-refractivity contribution >= 4 is 182 Å². The Hall–Kier alpha value is -19.8. The molecular formula is C129H76N12O3. The third-order valence-electron chi connectivity index (χ3n) is 28.4. The first-order valence-corrected chi connectivity index (χ1v) is 48.2. The molecule has 3 aliphatic heterocycles. The maximum absolute atomic E-state index is 6.53. The highest BCUT2D eigenvalue weighted by Gasteiger charge is 2.35. The molecule has 0 bridgehead atoms. The van der Waals surface area contributed by atoms with Crippen LogP contribution in [0.4, 0.5) is 52.0 Å². The van der Waals surface area contributed by atoms with Crippen LogP contribution < -0.4 is 14.7 Å². The predicted molar refractivity (Wildman–Crippen MR) is 585 cm³/mol. The Morgan fingerprint density at radius 3 is 0.972 bits per heavy atom. The zero-order valence-corrected chi connectivity index (χ0v) is 77.0. The second-order valence-corrected chi connectivity index (χ2v) is 36.4. The molecular weight excluding hydrogens is 1770 g/mol. The Kier molecular flexibility index (Phi) is 18.7. The zero-order valence-electron chi connectivity index (χ0n) is 77.0. The SMILES string of the molecule is c1ccc(-c2ccccc2-c2nc(-c3ccc4c(c3)oc3ccccc34)nc(N3c4ccccc4-c4cccc5cccc3c45)n2)cc1.c1ccc2c(c1)-c1cccc3cccc(c13)N2c1nc(-c2cc3ccccc3c3ccccc23)nc(-c2cccc3c2oc2ccccc23)n1.c1ccc2c(c1)-c1cccc3cccc(c13)N2c1nc(-c2cccc3ccccc23)nc(-c2cccc3c2oc2ccccc23)n1. The molecule has 31 rings (SSSR count). The molecule has 0 saturated heterocycles. The Labute approximate surface area is 823 Å². The summed E-state index contributed by atoms with van der Waals surface area (Å²) >= 11 is 0. The molecule has 0 saturated carbocycles. The highest BCUT2D eigenvalue weighted by atomic mass is 16.3. The lowest BCUT2D eigenvalue weighted by Crippen LogP contribution is -2.18. The van der Waals surface area contributed by atoms with Crippen molar-refractivity contribution in [3.05, 3.63) is 461 Å². The molecule has 3 aliphatic rings. The molecule has 0 radical (unpaired) electrons. The average Bonchev–Trinajstić information content (AvgIpc) is 0.963. The van der Waals surface area contributed by atoms with Crippen LogP contribution in [0.5, 0.6) is 0 Å². The van der Waals surface area contributed by atoms with E-state index in [4.69, 9.17) is 58.1 Å². The van der Waals surface area contributed by atoms with Gasteiger partial charge in [-0.1, -0.05) is 376 Å². The Balaban J connectivity index is 0.000000103. The summed E-state index contributed by atoms with van der Waals surface area (Å²) in [6, 6.07) is 160. The van der Waals surface area contributed by atoms with Crippen molar-refractivity contribution in [3.63, 3.8) is 0 Å². The van der Waals surface area contributed by atoms with Gasteiger partial charge < -0.3 is 13.3 Å². The number of para-hydroxylation sites is 8. The van der Waals surface area contributed by atoms with Gasteiger partial charge in [-0.2, -0.15) is 29.9 Å². The van der Waals surface area contributed by atoms with Crippen molar-refractivity contribution in [1.82, 2.24) is 44.9 Å². The van der Waals surface area contributed by atoms with Crippen molar-refractivity contribution in [1.29, 1.82) is 0 Å². The van der Waals surface area contributed by atoms with Crippen LogP contribution in [0.15, 0.2) is 474 Å². The monoisotopic (exact) mass is 1840 g/mol. The quantitative estimate of drug-likeness (QED) is 0.119. The van der Waals surface area contributed by atoms with Crippen LogP contribution >= 0.6 is 0 Å². The zero-order chi connectivity index (χ0) is 94.6. The minimum Gasteiger partial charge on any atom is -0.456 e. The lowest BCUT2D eigenvalue weighted by Gasteiger charge is -2.32. The minimum absolute atomic E-state index is 0.546. The number of benzene rings is 22. The number of aromatic nitrogens is 9. The standard InChI is InChI=1S/C45H26N4O.C43H26N4O.C41H24N4O/c1-2-15-29-28(12-1)26-37(31-17-4-3-16-30(29)31)44-46-43(36-22-11-21-35-33-19-6-8-25-40(33)50-42(35)36)47-45(48-44)49-38-23-7-5-18-32(38)34-20-9-13-27-14-10-24-39(49)41(27)34;1-2-12-27(13-3-1)30-16-4-5-19-35(30)42-44-41(29-24-25-33-32-18-7-9-23-38(32)48-39(33)26-29)45-43(46-42)47-36-21-8-6-17-31(36)34-20-10-14-28-15-11-22-37(47)40(28)34;1-2-15-27-25(11-1)12-7-20-32(27)39-42-40(33-21-10-19-31-29-17-4-6-24-36(29)46-38(31)33)44-41(43-39)45-34-22-5-3-16-28(34)30-18-8-13-26-14-9-23-35(45)37(26)30/h1-26H;1-26H;1-24H. The fourth-order valence-corrected chi connectivity index (χ4v) is 22.0. The largest absolute Gasteiger partial charge is 0.456 e. The van der Waals surface area contributed by atoms with Gasteiger partial charge in [0.15, 0.2) is 34.9 Å². The summed E-state index contributed by atoms with van der Waals surface area (Å²) < 4.78 is 19.3. The highest BCUT2D eigenvalue weighted by Crippen LogP contribution is 2.56. The number of nitrogens with zero attached hydrogens (tertiary/aromatic N) is 12. The van der Waals surface area contributed by atoms with Crippen LogP contribution in [-0.4, -0.2) is 44.9 Å². The summed E-state index contributed by atoms with van der Waals surface area (Å²) in [5, 5.41) is 20.2. The predicted octanol–water partition coefficient (Wildman–Crippen LogP) is 34.3. The third-order valence-corrected chi connectivity index (χ3v) is 28.4. The first-order valence-electron chi connectivity index (χ1n) is 48.2. The fourth-order valence-electron chi connectivity index (χ4n) is 22.0. The topological polar surface area (TPSA) is 165 Å². The van der Waals surface area contributed by atoms with Gasteiger partial charge in [0.05, 0.1) is 45.3 Å². The van der Waals surface area contributed by atoms with Gasteiger partial charge >= 0.3 is 0 Å². The van der Waals surface area contributed by atoms with Crippen molar-refractivity contribution < 1.29 is 13.3 Å². The van der Waals surface area contributed by atoms with Crippen molar-refractivity contribution in [2.45, 2.75) is 0 Å². The fraction of sp³-hybridized carbons (Fsp3) is 0. The summed E-state index contributed by atoms with van der Waals surface area (Å²) in [6.07, 6.45) is 0. The molecule has 15 heteroatoms. The molecule has 0 unspecified atom stereocenters. The number of hydrogen-bond donors (Lipinski definition) is 0. The Morgan fingerprint density at radius 2 is 0.458 bits per heavy atom. The molecule has 670 valence electrons. The van der Waals surface area contributed by atoms with Gasteiger partial charge in [-0.3, -0.25) is 14.7 Å². The van der Waals surface area contributed by atoms with E-state index in [9.17, 15) is 0 Å². The van der Waals surface area contributed by atoms with Crippen LogP contribution in [0.1, 0.15) is 0 Å². The van der Waals surface area contributed by atoms with Gasteiger partial charge in [0.2, 0.25) is 17.8 Å². The van der Waals surface area contributed by atoms with Crippen LogP contribution in [-0.2, 0) is 0 Å². The van der Waals surface area contributed by atoms with E-state index < -0.39 is 0 Å². The lowest BCUT2D eigenvalue weighted by molar-refractivity contribution is 0.668. The number of furan rings is 3. The summed E-state index contributed by atoms with van der Waals surface area (Å²) in [5.74, 6) is 5.14. The van der Waals surface area contributed by atoms with Crippen LogP contribution in [0.25, 0.3) is 243 Å². The molecule has 0 atom stereocenters. The second kappa shape index (κ2) is 33.0. The van der Waals surface area contributed by atoms with Gasteiger partial charge in [0.1, 0.15) is 33.5 Å². The lowest BCUT2D eigenvalue weighted by atomic mass is 9.91. The minimum atomic E-state index is 0.546. The summed E-state index contributed by atoms with van der Waals surface area (Å²) in [7, 11) is 0. The number of anilines is 9. The van der Waals surface area contributed by atoms with E-state index in [0.717, 1.165) is 188 Å². The van der Waals surface area contributed by atoms with E-state index in [1.54, 1.807) is 0 Å². The van der Waals surface area contributed by atoms with Crippen LogP contribution in [0, 0.1) is 0 Å². The summed E-state index contributed by atoms with van der Waals surface area (Å²) in [4.78, 5) is 53.9. The molecule has 0 amide bonds. The molecule has 9 heterocycles. The number of hydrogen-bond acceptors (Lipinski definition) is 15. The van der Waals surface area contributed by atoms with E-state index in [0.29, 0.717) is 52.8 Å². The summed E-state index contributed by atoms with van der Waals surface area (Å²) in [6.45, 7) is 0. The molecule has 0 spiro atoms. The first-order chi connectivity index (χ1) is 71.4. The molecule has 22 aromatic carbocycles. The summed E-state index contributed by atoms with van der Waals surface area (Å²) in [5.41, 5.74) is 25.5. The molecule has 6 aromatic heterocycles. The normalized spacial score (nSPS) is 12.3. The molecule has 15 nitrogen and oxygen atoms in total. The maximum atomic E-state index is 6.53. The van der Waals surface area contributed by atoms with Gasteiger partial charge in [-0.15, -0.1) is 0 Å². The smallest absolute Gasteiger partial charge is 0.238 e. The molecule has 0 aliphatic carbocycles. The van der Waals surface area contributed by atoms with Gasteiger partial charge in [0.25, 0.3) is 0 Å². The third kappa shape index (κ3) is 13.2. The average molecular weight is 1840 g/mol. The maximum Gasteiger partial charge on any atom is 0.238 e. The van der Waals surface area contributed by atoms with Crippen molar-refractivity contribution in [3.8, 4) is 113 Å². The van der Waals surface area contributed by atoms with Gasteiger partial charge in [-0.25, -0.2) is 15.0 Å². The van der Waals surface area contributed by atoms with E-state index in [2.05, 4.69) is 385 Å². The number of fused-ring (bicyclic) bond motifs is 19. The Morgan fingerprint density at radius 1 is 0.146 bits per heavy atom. The van der Waals surface area contributed by atoms with Crippen molar-refractivity contribution in [2.24, 2.45) is 0 Å². The van der Waals surface area contributed by atoms with Crippen molar-refractivity contribution in [2.75, 3.05) is 14.7 Å². The molecule has 0 fully saturated rings. The first kappa shape index (κ1) is 81.4. The van der Waals surface area contributed by atoms with E-state index in [1.807, 2.05) is 91.0 Å². The second-order valence-electron chi connectivity index (χ2n) is 36.4. The van der Waals surface area contributed by atoms with E-state index >= 15 is 0 Å². The van der Waals surface area contributed by atoms with Crippen LogP contribution in [0.2, 0.25) is 0 Å². The Bertz CT molecular complexity index is 10200. The van der Waals surface area contributed by atoms with E-state index in [1.165, 1.54) is 54.4 Å².